The molecule has 2 aliphatic rings. The van der Waals surface area contributed by atoms with Gasteiger partial charge in [0.1, 0.15) is 6.61 Å². The first kappa shape index (κ1) is 18.4. The van der Waals surface area contributed by atoms with Gasteiger partial charge in [-0.3, -0.25) is 10.1 Å². The minimum absolute atomic E-state index is 0.0216. The summed E-state index contributed by atoms with van der Waals surface area (Å²) in [4.78, 5) is 23.4. The summed E-state index contributed by atoms with van der Waals surface area (Å²) < 4.78 is 5.55. The number of amides is 1. The first-order chi connectivity index (χ1) is 14.6. The van der Waals surface area contributed by atoms with E-state index in [4.69, 9.17) is 9.84 Å². The van der Waals surface area contributed by atoms with Crippen LogP contribution in [-0.4, -0.2) is 23.8 Å². The molecular weight excluding hydrogens is 378 g/mol. The van der Waals surface area contributed by atoms with Crippen LogP contribution in [0.1, 0.15) is 34.9 Å². The van der Waals surface area contributed by atoms with Crippen molar-refractivity contribution in [2.75, 3.05) is 11.9 Å². The molecule has 1 amide bonds. The molecule has 0 saturated heterocycles. The van der Waals surface area contributed by atoms with Gasteiger partial charge >= 0.3 is 12.1 Å². The number of hydrogen-bond donors (Lipinski definition) is 2. The number of rotatable bonds is 5. The number of carboxylic acid groups (broad SMARTS) is 1. The van der Waals surface area contributed by atoms with Crippen LogP contribution in [0.4, 0.5) is 10.5 Å². The number of hydrogen-bond acceptors (Lipinski definition) is 3. The van der Waals surface area contributed by atoms with Crippen LogP contribution in [0.3, 0.4) is 0 Å². The molecule has 0 spiro atoms. The van der Waals surface area contributed by atoms with Crippen molar-refractivity contribution in [1.29, 1.82) is 0 Å². The third-order valence-electron chi connectivity index (χ3n) is 6.04. The second kappa shape index (κ2) is 7.34. The van der Waals surface area contributed by atoms with E-state index in [0.717, 1.165) is 5.56 Å². The van der Waals surface area contributed by atoms with Gasteiger partial charge in [0.2, 0.25) is 0 Å². The van der Waals surface area contributed by atoms with Gasteiger partial charge in [-0.05, 0) is 52.3 Å². The molecule has 150 valence electrons. The van der Waals surface area contributed by atoms with Crippen LogP contribution < -0.4 is 5.32 Å². The molecule has 0 bridgehead atoms. The normalized spacial score (nSPS) is 18.9. The Morgan fingerprint density at radius 3 is 2.07 bits per heavy atom. The van der Waals surface area contributed by atoms with Crippen molar-refractivity contribution in [1.82, 2.24) is 0 Å². The number of aliphatic carboxylic acids is 1. The zero-order chi connectivity index (χ0) is 20.7. The van der Waals surface area contributed by atoms with Gasteiger partial charge in [0.15, 0.2) is 0 Å². The molecule has 3 aromatic carbocycles. The van der Waals surface area contributed by atoms with Gasteiger partial charge in [0.05, 0.1) is 5.92 Å². The van der Waals surface area contributed by atoms with Crippen LogP contribution in [0.2, 0.25) is 0 Å². The molecule has 5 rings (SSSR count). The number of carboxylic acids is 1. The summed E-state index contributed by atoms with van der Waals surface area (Å²) >= 11 is 0. The van der Waals surface area contributed by atoms with Crippen molar-refractivity contribution in [3.8, 4) is 11.1 Å². The van der Waals surface area contributed by atoms with E-state index < -0.39 is 12.1 Å². The van der Waals surface area contributed by atoms with Crippen molar-refractivity contribution in [3.63, 3.8) is 0 Å². The van der Waals surface area contributed by atoms with E-state index in [1.54, 1.807) is 12.1 Å². The van der Waals surface area contributed by atoms with Crippen molar-refractivity contribution < 1.29 is 19.4 Å². The molecule has 1 saturated carbocycles. The van der Waals surface area contributed by atoms with E-state index in [1.807, 2.05) is 36.4 Å². The molecule has 5 nitrogen and oxygen atoms in total. The number of fused-ring (bicyclic) bond motifs is 3. The monoisotopic (exact) mass is 399 g/mol. The highest BCUT2D eigenvalue weighted by atomic mass is 16.5. The quantitative estimate of drug-likeness (QED) is 0.616. The fourth-order valence-electron chi connectivity index (χ4n) is 4.40. The minimum Gasteiger partial charge on any atom is -0.481 e. The van der Waals surface area contributed by atoms with Gasteiger partial charge in [0, 0.05) is 11.6 Å². The molecule has 0 unspecified atom stereocenters. The van der Waals surface area contributed by atoms with E-state index in [1.165, 1.54) is 22.3 Å². The summed E-state index contributed by atoms with van der Waals surface area (Å²) in [6, 6.07) is 23.7. The number of nitrogens with one attached hydrogen (secondary N) is 1. The van der Waals surface area contributed by atoms with Gasteiger partial charge in [-0.2, -0.15) is 0 Å². The third-order valence-corrected chi connectivity index (χ3v) is 6.04. The Morgan fingerprint density at radius 1 is 0.900 bits per heavy atom. The summed E-state index contributed by atoms with van der Waals surface area (Å²) in [5.74, 6) is -0.939. The number of benzene rings is 3. The lowest BCUT2D eigenvalue weighted by atomic mass is 9.98. The van der Waals surface area contributed by atoms with Crippen LogP contribution in [0.25, 0.3) is 11.1 Å². The Kier molecular flexibility index (Phi) is 4.51. The number of carbonyl (C=O) groups is 2. The predicted molar refractivity (Wildman–Crippen MR) is 114 cm³/mol. The van der Waals surface area contributed by atoms with Gasteiger partial charge < -0.3 is 9.84 Å². The Labute approximate surface area is 174 Å². The SMILES string of the molecule is O=C(Nc1ccc([C@H]2C[C@@H]2C(=O)O)cc1)OCC1c2ccccc2-c2ccccc21. The molecular formula is C25H21NO4. The second-order valence-corrected chi connectivity index (χ2v) is 7.86. The average molecular weight is 399 g/mol. The second-order valence-electron chi connectivity index (χ2n) is 7.86. The van der Waals surface area contributed by atoms with E-state index in [-0.39, 0.29) is 24.4 Å². The molecule has 5 heteroatoms. The molecule has 0 radical (unpaired) electrons. The number of anilines is 1. The highest BCUT2D eigenvalue weighted by Crippen LogP contribution is 2.47. The Balaban J connectivity index is 1.22. The van der Waals surface area contributed by atoms with Crippen molar-refractivity contribution in [3.05, 3.63) is 89.5 Å². The maximum atomic E-state index is 12.4. The first-order valence-corrected chi connectivity index (χ1v) is 10.1. The number of ether oxygens (including phenoxy) is 1. The molecule has 0 heterocycles. The topological polar surface area (TPSA) is 75.6 Å². The highest BCUT2D eigenvalue weighted by molar-refractivity contribution is 5.85. The summed E-state index contributed by atoms with van der Waals surface area (Å²) in [6.07, 6.45) is 0.175. The van der Waals surface area contributed by atoms with Crippen LogP contribution in [0, 0.1) is 5.92 Å². The average Bonchev–Trinajstić information content (AvgIpc) is 3.50. The predicted octanol–water partition coefficient (Wildman–Crippen LogP) is 5.24. The van der Waals surface area contributed by atoms with Gasteiger partial charge in [0.25, 0.3) is 0 Å². The molecule has 2 atom stereocenters. The Bertz CT molecular complexity index is 1080. The molecule has 0 aliphatic heterocycles. The lowest BCUT2D eigenvalue weighted by Gasteiger charge is -2.14. The van der Waals surface area contributed by atoms with E-state index in [0.29, 0.717) is 12.1 Å². The van der Waals surface area contributed by atoms with Crippen LogP contribution >= 0.6 is 0 Å². The van der Waals surface area contributed by atoms with E-state index >= 15 is 0 Å². The highest BCUT2D eigenvalue weighted by Gasteiger charge is 2.44. The molecule has 0 aromatic heterocycles. The maximum Gasteiger partial charge on any atom is 0.411 e. The molecule has 30 heavy (non-hydrogen) atoms. The lowest BCUT2D eigenvalue weighted by molar-refractivity contribution is -0.138. The Morgan fingerprint density at radius 2 is 1.50 bits per heavy atom. The van der Waals surface area contributed by atoms with E-state index in [2.05, 4.69) is 29.6 Å². The molecule has 1 fully saturated rings. The number of carbonyl (C=O) groups excluding carboxylic acids is 1. The smallest absolute Gasteiger partial charge is 0.411 e. The summed E-state index contributed by atoms with van der Waals surface area (Å²) in [7, 11) is 0. The van der Waals surface area contributed by atoms with Crippen LogP contribution in [-0.2, 0) is 9.53 Å². The summed E-state index contributed by atoms with van der Waals surface area (Å²) in [5, 5.41) is 11.8. The van der Waals surface area contributed by atoms with Crippen LogP contribution in [0.15, 0.2) is 72.8 Å². The van der Waals surface area contributed by atoms with Crippen LogP contribution in [0.5, 0.6) is 0 Å². The largest absolute Gasteiger partial charge is 0.481 e. The van der Waals surface area contributed by atoms with Crippen molar-refractivity contribution in [2.45, 2.75) is 18.3 Å². The fourth-order valence-corrected chi connectivity index (χ4v) is 4.40. The third kappa shape index (κ3) is 3.32. The molecule has 3 aromatic rings. The first-order valence-electron chi connectivity index (χ1n) is 10.1. The zero-order valence-corrected chi connectivity index (χ0v) is 16.2. The van der Waals surface area contributed by atoms with Gasteiger partial charge in [-0.25, -0.2) is 4.79 Å². The molecule has 2 N–H and O–H groups in total. The summed E-state index contributed by atoms with van der Waals surface area (Å²) in [6.45, 7) is 0.264. The summed E-state index contributed by atoms with van der Waals surface area (Å²) in [5.41, 5.74) is 6.35. The lowest BCUT2D eigenvalue weighted by Crippen LogP contribution is -2.17. The van der Waals surface area contributed by atoms with Crippen molar-refractivity contribution in [2.24, 2.45) is 5.92 Å². The van der Waals surface area contributed by atoms with Gasteiger partial charge in [-0.15, -0.1) is 0 Å². The maximum absolute atomic E-state index is 12.4. The fraction of sp³-hybridized carbons (Fsp3) is 0.200. The van der Waals surface area contributed by atoms with Gasteiger partial charge in [-0.1, -0.05) is 60.7 Å². The van der Waals surface area contributed by atoms with Crippen molar-refractivity contribution >= 4 is 17.7 Å². The standard InChI is InChI=1S/C25H21NO4/c27-24(28)22-13-21(22)15-9-11-16(12-10-15)26-25(29)30-14-23-19-7-3-1-5-17(19)18-6-2-4-8-20(18)23/h1-12,21-23H,13-14H2,(H,26,29)(H,27,28)/t21-,22+/m1/s1. The molecule has 2 aliphatic carbocycles. The Hall–Kier alpha value is -3.60. The zero-order valence-electron chi connectivity index (χ0n) is 16.2. The van der Waals surface area contributed by atoms with E-state index in [9.17, 15) is 9.59 Å². The minimum atomic E-state index is -0.749.